The van der Waals surface area contributed by atoms with Crippen LogP contribution in [-0.4, -0.2) is 32.7 Å². The van der Waals surface area contributed by atoms with Crippen LogP contribution in [0.2, 0.25) is 0 Å². The van der Waals surface area contributed by atoms with Crippen molar-refractivity contribution in [2.24, 2.45) is 0 Å². The van der Waals surface area contributed by atoms with Crippen molar-refractivity contribution < 1.29 is 13.5 Å². The van der Waals surface area contributed by atoms with E-state index in [-0.39, 0.29) is 0 Å². The van der Waals surface area contributed by atoms with Gasteiger partial charge in [0.2, 0.25) is 0 Å². The highest BCUT2D eigenvalue weighted by molar-refractivity contribution is 4.64. The smallest absolute Gasteiger partial charge is 0.261 e. The molecule has 0 fully saturated rings. The van der Waals surface area contributed by atoms with E-state index in [0.717, 1.165) is 12.8 Å². The molecule has 0 aromatic rings. The number of ether oxygens (including phenoxy) is 1. The van der Waals surface area contributed by atoms with Crippen LogP contribution in [-0.2, 0) is 4.74 Å². The van der Waals surface area contributed by atoms with E-state index in [1.54, 1.807) is 0 Å². The van der Waals surface area contributed by atoms with E-state index in [4.69, 9.17) is 4.74 Å². The van der Waals surface area contributed by atoms with Gasteiger partial charge in [0.15, 0.2) is 0 Å². The van der Waals surface area contributed by atoms with Crippen LogP contribution in [0.15, 0.2) is 0 Å². The van der Waals surface area contributed by atoms with Crippen molar-refractivity contribution in [1.82, 2.24) is 5.32 Å². The molecule has 0 aromatic carbocycles. The minimum Gasteiger partial charge on any atom is -0.375 e. The van der Waals surface area contributed by atoms with E-state index < -0.39 is 13.0 Å². The quantitative estimate of drug-likeness (QED) is 0.557. The van der Waals surface area contributed by atoms with E-state index in [2.05, 4.69) is 12.2 Å². The Morgan fingerprint density at radius 3 is 2.44 bits per heavy atom. The first kappa shape index (κ1) is 15.8. The molecule has 0 bridgehead atoms. The van der Waals surface area contributed by atoms with Gasteiger partial charge in [-0.1, -0.05) is 32.6 Å². The monoisotopic (exact) mass is 237 g/mol. The minimum atomic E-state index is -2.35. The number of hydrogen-bond acceptors (Lipinski definition) is 2. The molecular formula is C12H25F2NO. The van der Waals surface area contributed by atoms with Gasteiger partial charge >= 0.3 is 0 Å². The van der Waals surface area contributed by atoms with Crippen LogP contribution in [0.1, 0.15) is 45.4 Å². The zero-order chi connectivity index (χ0) is 12.2. The van der Waals surface area contributed by atoms with Crippen LogP contribution in [0.5, 0.6) is 0 Å². The summed E-state index contributed by atoms with van der Waals surface area (Å²) in [6.45, 7) is 2.17. The van der Waals surface area contributed by atoms with E-state index in [1.807, 2.05) is 7.05 Å². The Bertz CT molecular complexity index is 145. The first-order valence-electron chi connectivity index (χ1n) is 6.23. The van der Waals surface area contributed by atoms with Crippen molar-refractivity contribution in [1.29, 1.82) is 0 Å². The Labute approximate surface area is 97.7 Å². The van der Waals surface area contributed by atoms with Crippen molar-refractivity contribution in [2.75, 3.05) is 20.3 Å². The van der Waals surface area contributed by atoms with Crippen molar-refractivity contribution >= 4 is 0 Å². The van der Waals surface area contributed by atoms with Crippen molar-refractivity contribution in [2.45, 2.75) is 57.9 Å². The third-order valence-corrected chi connectivity index (χ3v) is 2.67. The van der Waals surface area contributed by atoms with E-state index in [9.17, 15) is 8.78 Å². The number of rotatable bonds is 11. The Balaban J connectivity index is 3.36. The fourth-order valence-electron chi connectivity index (χ4n) is 1.65. The average Bonchev–Trinajstić information content (AvgIpc) is 2.26. The summed E-state index contributed by atoms with van der Waals surface area (Å²) in [5.74, 6) is 0. The van der Waals surface area contributed by atoms with Gasteiger partial charge in [0.1, 0.15) is 6.61 Å². The Hall–Kier alpha value is -0.220. The number of halogens is 2. The number of alkyl halides is 2. The van der Waals surface area contributed by atoms with E-state index in [1.165, 1.54) is 25.7 Å². The van der Waals surface area contributed by atoms with Gasteiger partial charge in [0.25, 0.3) is 6.43 Å². The van der Waals surface area contributed by atoms with Crippen molar-refractivity contribution in [3.8, 4) is 0 Å². The van der Waals surface area contributed by atoms with Gasteiger partial charge in [-0.15, -0.1) is 0 Å². The molecule has 0 aliphatic carbocycles. The lowest BCUT2D eigenvalue weighted by atomic mass is 10.1. The van der Waals surface area contributed by atoms with Crippen LogP contribution in [0.3, 0.4) is 0 Å². The highest BCUT2D eigenvalue weighted by atomic mass is 19.3. The standard InChI is InChI=1S/C12H25F2NO/c1-3-4-5-6-7-11(15-2)8-9-16-10-12(13)14/h11-12,15H,3-10H2,1-2H3. The lowest BCUT2D eigenvalue weighted by Crippen LogP contribution is -2.27. The Morgan fingerprint density at radius 1 is 1.12 bits per heavy atom. The minimum absolute atomic E-state index is 0.398. The van der Waals surface area contributed by atoms with Gasteiger partial charge < -0.3 is 10.1 Å². The molecule has 0 aliphatic rings. The molecule has 0 aliphatic heterocycles. The summed E-state index contributed by atoms with van der Waals surface area (Å²) in [6.07, 6.45) is 4.54. The number of unbranched alkanes of at least 4 members (excludes halogenated alkanes) is 3. The van der Waals surface area contributed by atoms with Gasteiger partial charge in [-0.2, -0.15) is 0 Å². The topological polar surface area (TPSA) is 21.3 Å². The third-order valence-electron chi connectivity index (χ3n) is 2.67. The Morgan fingerprint density at radius 2 is 1.88 bits per heavy atom. The van der Waals surface area contributed by atoms with Crippen LogP contribution in [0.25, 0.3) is 0 Å². The second-order valence-corrected chi connectivity index (χ2v) is 4.09. The maximum Gasteiger partial charge on any atom is 0.261 e. The second-order valence-electron chi connectivity index (χ2n) is 4.09. The number of hydrogen-bond donors (Lipinski definition) is 1. The first-order valence-corrected chi connectivity index (χ1v) is 6.23. The Kier molecular flexibility index (Phi) is 11.1. The first-order chi connectivity index (χ1) is 7.70. The summed E-state index contributed by atoms with van der Waals surface area (Å²) in [6, 6.07) is 0.398. The summed E-state index contributed by atoms with van der Waals surface area (Å²) in [7, 11) is 1.91. The lowest BCUT2D eigenvalue weighted by Gasteiger charge is -2.15. The second kappa shape index (κ2) is 11.3. The van der Waals surface area contributed by atoms with Crippen LogP contribution in [0, 0.1) is 0 Å². The van der Waals surface area contributed by atoms with E-state index in [0.29, 0.717) is 12.6 Å². The highest BCUT2D eigenvalue weighted by Gasteiger charge is 2.07. The zero-order valence-corrected chi connectivity index (χ0v) is 10.5. The molecule has 0 amide bonds. The summed E-state index contributed by atoms with van der Waals surface area (Å²) in [4.78, 5) is 0. The van der Waals surface area contributed by atoms with Gasteiger partial charge in [-0.25, -0.2) is 8.78 Å². The average molecular weight is 237 g/mol. The SMILES string of the molecule is CCCCCCC(CCOCC(F)F)NC. The molecule has 0 aromatic heterocycles. The molecule has 1 unspecified atom stereocenters. The molecule has 2 nitrogen and oxygen atoms in total. The fraction of sp³-hybridized carbons (Fsp3) is 1.00. The molecule has 16 heavy (non-hydrogen) atoms. The van der Waals surface area contributed by atoms with Gasteiger partial charge in [-0.05, 0) is 19.9 Å². The summed E-state index contributed by atoms with van der Waals surface area (Å²) < 4.78 is 28.4. The van der Waals surface area contributed by atoms with Gasteiger partial charge in [0.05, 0.1) is 0 Å². The molecule has 0 heterocycles. The van der Waals surface area contributed by atoms with Gasteiger partial charge in [-0.3, -0.25) is 0 Å². The van der Waals surface area contributed by atoms with Crippen LogP contribution in [0.4, 0.5) is 8.78 Å². The maximum absolute atomic E-state index is 11.8. The highest BCUT2D eigenvalue weighted by Crippen LogP contribution is 2.08. The zero-order valence-electron chi connectivity index (χ0n) is 10.5. The fourth-order valence-corrected chi connectivity index (χ4v) is 1.65. The molecule has 0 saturated carbocycles. The predicted octanol–water partition coefficient (Wildman–Crippen LogP) is 3.22. The molecule has 0 saturated heterocycles. The molecule has 0 spiro atoms. The molecule has 0 radical (unpaired) electrons. The molecule has 4 heteroatoms. The number of nitrogens with one attached hydrogen (secondary N) is 1. The van der Waals surface area contributed by atoms with Crippen molar-refractivity contribution in [3.63, 3.8) is 0 Å². The summed E-state index contributed by atoms with van der Waals surface area (Å²) in [5, 5.41) is 3.20. The van der Waals surface area contributed by atoms with Crippen molar-refractivity contribution in [3.05, 3.63) is 0 Å². The molecule has 1 atom stereocenters. The van der Waals surface area contributed by atoms with Gasteiger partial charge in [0, 0.05) is 12.6 Å². The molecule has 0 rings (SSSR count). The van der Waals surface area contributed by atoms with E-state index >= 15 is 0 Å². The molecule has 1 N–H and O–H groups in total. The molecule has 98 valence electrons. The summed E-state index contributed by atoms with van der Waals surface area (Å²) in [5.41, 5.74) is 0. The lowest BCUT2D eigenvalue weighted by molar-refractivity contribution is 0.0143. The summed E-state index contributed by atoms with van der Waals surface area (Å²) >= 11 is 0. The van der Waals surface area contributed by atoms with Crippen LogP contribution < -0.4 is 5.32 Å². The largest absolute Gasteiger partial charge is 0.375 e. The molecular weight excluding hydrogens is 212 g/mol. The van der Waals surface area contributed by atoms with Crippen LogP contribution >= 0.6 is 0 Å². The third kappa shape index (κ3) is 10.3. The predicted molar refractivity (Wildman–Crippen MR) is 63.0 cm³/mol. The normalized spacial score (nSPS) is 13.3. The maximum atomic E-state index is 11.8.